The summed E-state index contributed by atoms with van der Waals surface area (Å²) in [5.74, 6) is -0.0656. The smallest absolute Gasteiger partial charge is 0.241 e. The van der Waals surface area contributed by atoms with Crippen molar-refractivity contribution < 1.29 is 14.4 Å². The van der Waals surface area contributed by atoms with Crippen LogP contribution in [0.5, 0.6) is 0 Å². The van der Waals surface area contributed by atoms with Crippen LogP contribution in [0.1, 0.15) is 38.2 Å². The first-order chi connectivity index (χ1) is 12.5. The lowest BCUT2D eigenvalue weighted by atomic mass is 9.79. The van der Waals surface area contributed by atoms with Crippen LogP contribution in [0.15, 0.2) is 24.5 Å². The third-order valence-corrected chi connectivity index (χ3v) is 5.51. The number of hydrogen-bond donors (Lipinski definition) is 1. The Bertz CT molecular complexity index is 679. The van der Waals surface area contributed by atoms with Crippen LogP contribution in [0.3, 0.4) is 0 Å². The molecule has 0 bridgehead atoms. The number of aromatic nitrogens is 1. The van der Waals surface area contributed by atoms with E-state index < -0.39 is 0 Å². The Morgan fingerprint density at radius 3 is 2.62 bits per heavy atom. The first kappa shape index (κ1) is 18.4. The quantitative estimate of drug-likeness (QED) is 0.869. The van der Waals surface area contributed by atoms with Crippen molar-refractivity contribution in [3.05, 3.63) is 30.1 Å². The van der Waals surface area contributed by atoms with Crippen LogP contribution in [0.25, 0.3) is 0 Å². The summed E-state index contributed by atoms with van der Waals surface area (Å²) in [5.41, 5.74) is 0.752. The van der Waals surface area contributed by atoms with Gasteiger partial charge in [0.2, 0.25) is 17.7 Å². The Kier molecular flexibility index (Phi) is 5.54. The van der Waals surface area contributed by atoms with Crippen molar-refractivity contribution in [2.45, 2.75) is 39.2 Å². The SMILES string of the molecule is CC(=O)NCC(=O)N1CCC[C@]2(CC1)CCN(Cc1ccncc1)C2=O. The second-order valence-corrected chi connectivity index (χ2v) is 7.26. The third kappa shape index (κ3) is 4.03. The monoisotopic (exact) mass is 358 g/mol. The molecule has 0 radical (unpaired) electrons. The van der Waals surface area contributed by atoms with Gasteiger partial charge in [0.05, 0.1) is 12.0 Å². The van der Waals surface area contributed by atoms with E-state index in [2.05, 4.69) is 10.3 Å². The molecule has 0 aliphatic carbocycles. The molecule has 3 amide bonds. The molecule has 7 heteroatoms. The minimum Gasteiger partial charge on any atom is -0.347 e. The van der Waals surface area contributed by atoms with Gasteiger partial charge in [0.25, 0.3) is 0 Å². The summed E-state index contributed by atoms with van der Waals surface area (Å²) < 4.78 is 0. The fourth-order valence-corrected chi connectivity index (χ4v) is 3.97. The average Bonchev–Trinajstić information content (AvgIpc) is 2.82. The first-order valence-electron chi connectivity index (χ1n) is 9.21. The van der Waals surface area contributed by atoms with E-state index in [0.29, 0.717) is 26.1 Å². The van der Waals surface area contributed by atoms with Crippen molar-refractivity contribution in [1.29, 1.82) is 0 Å². The van der Waals surface area contributed by atoms with E-state index in [1.165, 1.54) is 6.92 Å². The molecule has 0 aromatic carbocycles. The molecule has 1 spiro atoms. The predicted octanol–water partition coefficient (Wildman–Crippen LogP) is 0.949. The van der Waals surface area contributed by atoms with Gasteiger partial charge in [-0.25, -0.2) is 0 Å². The molecule has 2 saturated heterocycles. The average molecular weight is 358 g/mol. The molecular weight excluding hydrogens is 332 g/mol. The van der Waals surface area contributed by atoms with Crippen molar-refractivity contribution >= 4 is 17.7 Å². The Morgan fingerprint density at radius 1 is 1.15 bits per heavy atom. The number of amides is 3. The minimum atomic E-state index is -0.337. The molecule has 0 saturated carbocycles. The lowest BCUT2D eigenvalue weighted by molar-refractivity contribution is -0.137. The van der Waals surface area contributed by atoms with Gasteiger partial charge in [-0.1, -0.05) is 0 Å². The van der Waals surface area contributed by atoms with E-state index in [1.807, 2.05) is 17.0 Å². The van der Waals surface area contributed by atoms with Crippen molar-refractivity contribution in [2.75, 3.05) is 26.2 Å². The number of pyridine rings is 1. The lowest BCUT2D eigenvalue weighted by Crippen LogP contribution is -2.41. The highest BCUT2D eigenvalue weighted by atomic mass is 16.2. The van der Waals surface area contributed by atoms with Crippen molar-refractivity contribution in [2.24, 2.45) is 5.41 Å². The van der Waals surface area contributed by atoms with E-state index in [4.69, 9.17) is 0 Å². The van der Waals surface area contributed by atoms with Gasteiger partial charge < -0.3 is 15.1 Å². The number of carbonyl (C=O) groups excluding carboxylic acids is 3. The largest absolute Gasteiger partial charge is 0.347 e. The molecule has 7 nitrogen and oxygen atoms in total. The van der Waals surface area contributed by atoms with Crippen LogP contribution in [-0.4, -0.2) is 58.7 Å². The fraction of sp³-hybridized carbons (Fsp3) is 0.579. The van der Waals surface area contributed by atoms with E-state index in [-0.39, 0.29) is 29.7 Å². The summed E-state index contributed by atoms with van der Waals surface area (Å²) >= 11 is 0. The van der Waals surface area contributed by atoms with Crippen LogP contribution < -0.4 is 5.32 Å². The van der Waals surface area contributed by atoms with Gasteiger partial charge in [0.1, 0.15) is 0 Å². The molecule has 140 valence electrons. The minimum absolute atomic E-state index is 0.0322. The zero-order valence-electron chi connectivity index (χ0n) is 15.2. The summed E-state index contributed by atoms with van der Waals surface area (Å²) in [6.07, 6.45) is 6.68. The number of nitrogens with one attached hydrogen (secondary N) is 1. The molecule has 1 atom stereocenters. The molecule has 1 aromatic heterocycles. The Balaban J connectivity index is 1.60. The number of hydrogen-bond acceptors (Lipinski definition) is 4. The maximum atomic E-state index is 13.1. The van der Waals surface area contributed by atoms with Gasteiger partial charge in [-0.2, -0.15) is 0 Å². The summed E-state index contributed by atoms with van der Waals surface area (Å²) in [7, 11) is 0. The van der Waals surface area contributed by atoms with E-state index in [0.717, 1.165) is 31.4 Å². The van der Waals surface area contributed by atoms with Gasteiger partial charge in [-0.3, -0.25) is 19.4 Å². The topological polar surface area (TPSA) is 82.6 Å². The van der Waals surface area contributed by atoms with Gasteiger partial charge in [-0.15, -0.1) is 0 Å². The van der Waals surface area contributed by atoms with Crippen LogP contribution >= 0.6 is 0 Å². The second kappa shape index (κ2) is 7.85. The van der Waals surface area contributed by atoms with E-state index >= 15 is 0 Å². The van der Waals surface area contributed by atoms with Crippen molar-refractivity contribution in [3.63, 3.8) is 0 Å². The fourth-order valence-electron chi connectivity index (χ4n) is 3.97. The highest BCUT2D eigenvalue weighted by Gasteiger charge is 2.47. The Morgan fingerprint density at radius 2 is 1.88 bits per heavy atom. The normalized spacial score (nSPS) is 23.2. The molecule has 2 aliphatic heterocycles. The van der Waals surface area contributed by atoms with Crippen LogP contribution in [-0.2, 0) is 20.9 Å². The molecule has 1 aromatic rings. The van der Waals surface area contributed by atoms with Gasteiger partial charge in [0.15, 0.2) is 0 Å². The van der Waals surface area contributed by atoms with Crippen molar-refractivity contribution in [1.82, 2.24) is 20.1 Å². The first-order valence-corrected chi connectivity index (χ1v) is 9.21. The summed E-state index contributed by atoms with van der Waals surface area (Å²) in [4.78, 5) is 44.1. The zero-order chi connectivity index (χ0) is 18.6. The van der Waals surface area contributed by atoms with Crippen molar-refractivity contribution in [3.8, 4) is 0 Å². The molecule has 1 N–H and O–H groups in total. The standard InChI is InChI=1S/C19H26N4O3/c1-15(24)21-13-17(25)22-10-2-5-19(6-11-22)7-12-23(18(19)26)14-16-3-8-20-9-4-16/h3-4,8-9H,2,5-7,10-14H2,1H3,(H,21,24)/t19-/m0/s1. The molecular formula is C19H26N4O3. The predicted molar refractivity (Wildman–Crippen MR) is 95.8 cm³/mol. The lowest BCUT2D eigenvalue weighted by Gasteiger charge is -2.27. The van der Waals surface area contributed by atoms with E-state index in [1.54, 1.807) is 17.3 Å². The summed E-state index contributed by atoms with van der Waals surface area (Å²) in [5, 5.41) is 2.56. The number of likely N-dealkylation sites (tertiary alicyclic amines) is 2. The molecule has 3 rings (SSSR count). The van der Waals surface area contributed by atoms with E-state index in [9.17, 15) is 14.4 Å². The zero-order valence-corrected chi connectivity index (χ0v) is 15.2. The molecule has 2 fully saturated rings. The Hall–Kier alpha value is -2.44. The maximum absolute atomic E-state index is 13.1. The summed E-state index contributed by atoms with van der Waals surface area (Å²) in [6.45, 7) is 4.05. The number of carbonyl (C=O) groups is 3. The highest BCUT2D eigenvalue weighted by molar-refractivity contribution is 5.86. The van der Waals surface area contributed by atoms with Gasteiger partial charge >= 0.3 is 0 Å². The van der Waals surface area contributed by atoms with Gasteiger partial charge in [0, 0.05) is 45.5 Å². The maximum Gasteiger partial charge on any atom is 0.241 e. The molecule has 0 unspecified atom stereocenters. The second-order valence-electron chi connectivity index (χ2n) is 7.26. The van der Waals surface area contributed by atoms with Crippen LogP contribution in [0, 0.1) is 5.41 Å². The molecule has 3 heterocycles. The molecule has 2 aliphatic rings. The van der Waals surface area contributed by atoms with Crippen LogP contribution in [0.2, 0.25) is 0 Å². The highest BCUT2D eigenvalue weighted by Crippen LogP contribution is 2.42. The third-order valence-electron chi connectivity index (χ3n) is 5.51. The summed E-state index contributed by atoms with van der Waals surface area (Å²) in [6, 6.07) is 3.88. The Labute approximate surface area is 153 Å². The number of rotatable bonds is 4. The molecule has 26 heavy (non-hydrogen) atoms. The number of nitrogens with zero attached hydrogens (tertiary/aromatic N) is 3. The van der Waals surface area contributed by atoms with Gasteiger partial charge in [-0.05, 0) is 43.4 Å². The van der Waals surface area contributed by atoms with Crippen LogP contribution in [0.4, 0.5) is 0 Å².